The predicted molar refractivity (Wildman–Crippen MR) is 89.3 cm³/mol. The second-order valence-electron chi connectivity index (χ2n) is 5.77. The zero-order valence-corrected chi connectivity index (χ0v) is 14.0. The van der Waals surface area contributed by atoms with Crippen molar-refractivity contribution in [3.63, 3.8) is 0 Å². The lowest BCUT2D eigenvalue weighted by atomic mass is 10.0. The zero-order valence-electron chi connectivity index (χ0n) is 14.0. The van der Waals surface area contributed by atoms with Crippen LogP contribution in [0.2, 0.25) is 0 Å². The van der Waals surface area contributed by atoms with Gasteiger partial charge in [-0.1, -0.05) is 29.8 Å². The molecule has 0 saturated heterocycles. The minimum absolute atomic E-state index is 0.0489. The number of aryl methyl sites for hydroxylation is 1. The quantitative estimate of drug-likeness (QED) is 0.825. The number of hydrogen-bond acceptors (Lipinski definition) is 5. The van der Waals surface area contributed by atoms with E-state index in [0.717, 1.165) is 11.1 Å². The van der Waals surface area contributed by atoms with Gasteiger partial charge in [0.2, 0.25) is 0 Å². The fraction of sp³-hybridized carbons (Fsp3) is 0.333. The number of esters is 1. The van der Waals surface area contributed by atoms with Crippen molar-refractivity contribution in [1.29, 1.82) is 0 Å². The summed E-state index contributed by atoms with van der Waals surface area (Å²) in [6.07, 6.45) is 4.17. The lowest BCUT2D eigenvalue weighted by Gasteiger charge is -2.19. The van der Waals surface area contributed by atoms with Crippen LogP contribution in [0.25, 0.3) is 0 Å². The van der Waals surface area contributed by atoms with Crippen molar-refractivity contribution in [2.45, 2.75) is 39.3 Å². The summed E-state index contributed by atoms with van der Waals surface area (Å²) < 4.78 is 5.19. The third-order valence-electron chi connectivity index (χ3n) is 3.32. The van der Waals surface area contributed by atoms with E-state index in [9.17, 15) is 9.59 Å². The molecule has 1 N–H and O–H groups in total. The van der Waals surface area contributed by atoms with E-state index >= 15 is 0 Å². The van der Waals surface area contributed by atoms with Gasteiger partial charge in [-0.15, -0.1) is 0 Å². The molecule has 1 heterocycles. The molecular formula is C18H21N3O3. The number of rotatable bonds is 6. The highest BCUT2D eigenvalue weighted by molar-refractivity contribution is 5.92. The Morgan fingerprint density at radius 1 is 1.17 bits per heavy atom. The molecule has 0 spiro atoms. The van der Waals surface area contributed by atoms with Gasteiger partial charge in [0, 0.05) is 12.4 Å². The van der Waals surface area contributed by atoms with Crippen molar-refractivity contribution < 1.29 is 14.3 Å². The second kappa shape index (κ2) is 8.19. The number of aromatic nitrogens is 2. The zero-order chi connectivity index (χ0) is 17.5. The topological polar surface area (TPSA) is 81.2 Å². The van der Waals surface area contributed by atoms with Crippen LogP contribution in [0.3, 0.4) is 0 Å². The third kappa shape index (κ3) is 5.15. The number of nitrogens with one attached hydrogen (secondary N) is 1. The van der Waals surface area contributed by atoms with Crippen molar-refractivity contribution >= 4 is 11.9 Å². The fourth-order valence-corrected chi connectivity index (χ4v) is 2.18. The van der Waals surface area contributed by atoms with Gasteiger partial charge in [0.15, 0.2) is 0 Å². The average Bonchev–Trinajstić information content (AvgIpc) is 2.55. The first-order valence-electron chi connectivity index (χ1n) is 7.78. The molecule has 2 rings (SSSR count). The Hall–Kier alpha value is -2.76. The van der Waals surface area contributed by atoms with Crippen LogP contribution in [0.1, 0.15) is 47.9 Å². The fourth-order valence-electron chi connectivity index (χ4n) is 2.18. The monoisotopic (exact) mass is 327 g/mol. The van der Waals surface area contributed by atoms with Gasteiger partial charge in [0.1, 0.15) is 5.69 Å². The molecule has 2 aromatic rings. The molecule has 24 heavy (non-hydrogen) atoms. The van der Waals surface area contributed by atoms with Gasteiger partial charge in [-0.2, -0.15) is 0 Å². The van der Waals surface area contributed by atoms with E-state index in [-0.39, 0.29) is 30.1 Å². The summed E-state index contributed by atoms with van der Waals surface area (Å²) in [4.78, 5) is 32.2. The van der Waals surface area contributed by atoms with Crippen LogP contribution < -0.4 is 5.32 Å². The molecule has 1 amide bonds. The van der Waals surface area contributed by atoms with Gasteiger partial charge in [0.05, 0.1) is 24.8 Å². The second-order valence-corrected chi connectivity index (χ2v) is 5.77. The summed E-state index contributed by atoms with van der Waals surface area (Å²) in [7, 11) is 0. The van der Waals surface area contributed by atoms with E-state index in [4.69, 9.17) is 4.74 Å². The number of hydrogen-bond donors (Lipinski definition) is 1. The van der Waals surface area contributed by atoms with Crippen LogP contribution in [-0.2, 0) is 9.53 Å². The van der Waals surface area contributed by atoms with Crippen LogP contribution in [0.5, 0.6) is 0 Å². The van der Waals surface area contributed by atoms with Crippen LogP contribution in [0, 0.1) is 6.92 Å². The summed E-state index contributed by atoms with van der Waals surface area (Å²) in [6, 6.07) is 7.15. The van der Waals surface area contributed by atoms with Crippen molar-refractivity contribution in [3.05, 3.63) is 59.7 Å². The van der Waals surface area contributed by atoms with E-state index in [2.05, 4.69) is 15.3 Å². The Balaban J connectivity index is 2.17. The first-order chi connectivity index (χ1) is 11.5. The summed E-state index contributed by atoms with van der Waals surface area (Å²) in [5.41, 5.74) is 2.13. The van der Waals surface area contributed by atoms with Crippen LogP contribution >= 0.6 is 0 Å². The van der Waals surface area contributed by atoms with E-state index in [1.165, 1.54) is 18.6 Å². The van der Waals surface area contributed by atoms with E-state index in [1.54, 1.807) is 13.8 Å². The number of benzene rings is 1. The van der Waals surface area contributed by atoms with Gasteiger partial charge in [-0.05, 0) is 26.3 Å². The third-order valence-corrected chi connectivity index (χ3v) is 3.32. The number of carbonyl (C=O) groups is 2. The molecule has 0 aliphatic carbocycles. The summed E-state index contributed by atoms with van der Waals surface area (Å²) in [5.74, 6) is -0.749. The minimum atomic E-state index is -0.494. The van der Waals surface area contributed by atoms with Gasteiger partial charge in [0.25, 0.3) is 5.91 Å². The molecule has 0 saturated carbocycles. The molecule has 0 bridgehead atoms. The smallest absolute Gasteiger partial charge is 0.308 e. The Kier molecular flexibility index (Phi) is 6.01. The molecule has 1 atom stereocenters. The lowest BCUT2D eigenvalue weighted by Crippen LogP contribution is -2.31. The molecule has 0 fully saturated rings. The molecule has 0 radical (unpaired) electrons. The molecule has 126 valence electrons. The Morgan fingerprint density at radius 2 is 1.88 bits per heavy atom. The van der Waals surface area contributed by atoms with E-state index in [0.29, 0.717) is 0 Å². The minimum Gasteiger partial charge on any atom is -0.463 e. The molecular weight excluding hydrogens is 306 g/mol. The van der Waals surface area contributed by atoms with E-state index in [1.807, 2.05) is 31.2 Å². The SMILES string of the molecule is Cc1ccc(C(CC(=O)OC(C)C)NC(=O)c2cnccn2)cc1. The molecule has 1 aromatic heterocycles. The van der Waals surface area contributed by atoms with Crippen molar-refractivity contribution in [2.75, 3.05) is 0 Å². The molecule has 1 unspecified atom stereocenters. The van der Waals surface area contributed by atoms with Crippen LogP contribution in [-0.4, -0.2) is 27.9 Å². The van der Waals surface area contributed by atoms with Gasteiger partial charge in [-0.3, -0.25) is 14.6 Å². The maximum atomic E-state index is 12.3. The molecule has 6 heteroatoms. The highest BCUT2D eigenvalue weighted by Crippen LogP contribution is 2.19. The maximum absolute atomic E-state index is 12.3. The largest absolute Gasteiger partial charge is 0.463 e. The van der Waals surface area contributed by atoms with E-state index < -0.39 is 6.04 Å². The van der Waals surface area contributed by atoms with Gasteiger partial charge >= 0.3 is 5.97 Å². The van der Waals surface area contributed by atoms with Crippen LogP contribution in [0.15, 0.2) is 42.9 Å². The average molecular weight is 327 g/mol. The summed E-state index contributed by atoms with van der Waals surface area (Å²) in [6.45, 7) is 5.55. The highest BCUT2D eigenvalue weighted by Gasteiger charge is 2.21. The van der Waals surface area contributed by atoms with Crippen molar-refractivity contribution in [3.8, 4) is 0 Å². The molecule has 0 aliphatic heterocycles. The Labute approximate surface area is 141 Å². The van der Waals surface area contributed by atoms with Crippen molar-refractivity contribution in [2.24, 2.45) is 0 Å². The maximum Gasteiger partial charge on any atom is 0.308 e. The first kappa shape index (κ1) is 17.6. The Morgan fingerprint density at radius 3 is 2.46 bits per heavy atom. The molecule has 6 nitrogen and oxygen atoms in total. The lowest BCUT2D eigenvalue weighted by molar-refractivity contribution is -0.147. The molecule has 0 aliphatic rings. The summed E-state index contributed by atoms with van der Waals surface area (Å²) >= 11 is 0. The van der Waals surface area contributed by atoms with Crippen molar-refractivity contribution in [1.82, 2.24) is 15.3 Å². The highest BCUT2D eigenvalue weighted by atomic mass is 16.5. The first-order valence-corrected chi connectivity index (χ1v) is 7.78. The predicted octanol–water partition coefficient (Wildman–Crippen LogP) is 2.60. The normalized spacial score (nSPS) is 11.8. The number of ether oxygens (including phenoxy) is 1. The summed E-state index contributed by atoms with van der Waals surface area (Å²) in [5, 5.41) is 2.83. The molecule has 1 aromatic carbocycles. The number of nitrogens with zero attached hydrogens (tertiary/aromatic N) is 2. The van der Waals surface area contributed by atoms with Gasteiger partial charge in [-0.25, -0.2) is 4.98 Å². The Bertz CT molecular complexity index is 684. The standard InChI is InChI=1S/C18H21N3O3/c1-12(2)24-17(22)10-15(14-6-4-13(3)5-7-14)21-18(23)16-11-19-8-9-20-16/h4-9,11-12,15H,10H2,1-3H3,(H,21,23). The van der Waals surface area contributed by atoms with Gasteiger partial charge < -0.3 is 10.1 Å². The van der Waals surface area contributed by atoms with Crippen LogP contribution in [0.4, 0.5) is 0 Å². The number of carbonyl (C=O) groups excluding carboxylic acids is 2. The number of amides is 1.